The van der Waals surface area contributed by atoms with Gasteiger partial charge in [0, 0.05) is 40.0 Å². The lowest BCUT2D eigenvalue weighted by Gasteiger charge is -2.22. The summed E-state index contributed by atoms with van der Waals surface area (Å²) >= 11 is 0. The van der Waals surface area contributed by atoms with E-state index in [4.69, 9.17) is 18.0 Å². The van der Waals surface area contributed by atoms with E-state index in [0.717, 1.165) is 25.9 Å². The van der Waals surface area contributed by atoms with Gasteiger partial charge in [-0.15, -0.1) is 5.92 Å². The summed E-state index contributed by atoms with van der Waals surface area (Å²) in [5.41, 5.74) is 3.09. The predicted octanol–water partition coefficient (Wildman–Crippen LogP) is 2.39. The number of hydrogen-bond donors (Lipinski definition) is 0. The molecule has 0 fully saturated rings. The lowest BCUT2D eigenvalue weighted by Crippen LogP contribution is -2.45. The van der Waals surface area contributed by atoms with E-state index in [9.17, 15) is 0 Å². The molecule has 0 atom stereocenters. The molecule has 0 aromatic carbocycles. The first-order valence-electron chi connectivity index (χ1n) is 6.65. The minimum Gasteiger partial charge on any atom is -0.385 e. The molecule has 0 saturated carbocycles. The highest BCUT2D eigenvalue weighted by Crippen LogP contribution is 2.09. The summed E-state index contributed by atoms with van der Waals surface area (Å²) in [4.78, 5) is 0. The molecule has 106 valence electrons. The van der Waals surface area contributed by atoms with Crippen LogP contribution >= 0.6 is 0 Å². The van der Waals surface area contributed by atoms with Crippen LogP contribution in [0.3, 0.4) is 0 Å². The first-order chi connectivity index (χ1) is 8.74. The zero-order valence-electron chi connectivity index (χ0n) is 12.1. The predicted molar refractivity (Wildman–Crippen MR) is 74.1 cm³/mol. The van der Waals surface area contributed by atoms with E-state index in [1.807, 2.05) is 20.8 Å². The Kier molecular flexibility index (Phi) is 11.4. The molecule has 0 heterocycles. The van der Waals surface area contributed by atoms with Gasteiger partial charge in [-0.3, -0.25) is 0 Å². The van der Waals surface area contributed by atoms with Crippen LogP contribution in [-0.4, -0.2) is 42.3 Å². The summed E-state index contributed by atoms with van der Waals surface area (Å²) in [6, 6.07) is 0. The van der Waals surface area contributed by atoms with Gasteiger partial charge in [-0.25, -0.2) is 0 Å². The van der Waals surface area contributed by atoms with Gasteiger partial charge in [-0.05, 0) is 39.2 Å². The van der Waals surface area contributed by atoms with Crippen LogP contribution < -0.4 is 0 Å². The minimum absolute atomic E-state index is 0.560. The van der Waals surface area contributed by atoms with E-state index in [2.05, 4.69) is 11.5 Å². The third-order valence-corrected chi connectivity index (χ3v) is 4.63. The van der Waals surface area contributed by atoms with Gasteiger partial charge in [-0.1, -0.05) is 0 Å². The number of methoxy groups -OCH3 is 1. The van der Waals surface area contributed by atoms with Gasteiger partial charge in [0.15, 0.2) is 0 Å². The van der Waals surface area contributed by atoms with E-state index in [1.54, 1.807) is 7.11 Å². The standard InChI is InChI=1S/C13H26O4Si/c1-5-15-18(16-6-2,17-7-3)13-11-9-8-10-12-14-4/h5-10,12H2,1-4H3. The van der Waals surface area contributed by atoms with E-state index in [-0.39, 0.29) is 0 Å². The van der Waals surface area contributed by atoms with Crippen molar-refractivity contribution < 1.29 is 18.0 Å². The van der Waals surface area contributed by atoms with Crippen LogP contribution in [0.5, 0.6) is 0 Å². The van der Waals surface area contributed by atoms with Crippen LogP contribution in [0.15, 0.2) is 0 Å². The van der Waals surface area contributed by atoms with Crippen molar-refractivity contribution >= 4 is 8.80 Å². The second-order valence-electron chi connectivity index (χ2n) is 3.61. The maximum absolute atomic E-state index is 5.63. The molecule has 0 rings (SSSR count). The second kappa shape index (κ2) is 11.7. The van der Waals surface area contributed by atoms with E-state index >= 15 is 0 Å². The first-order valence-corrected chi connectivity index (χ1v) is 8.37. The van der Waals surface area contributed by atoms with Crippen molar-refractivity contribution in [1.82, 2.24) is 0 Å². The van der Waals surface area contributed by atoms with Gasteiger partial charge in [-0.2, -0.15) is 0 Å². The summed E-state index contributed by atoms with van der Waals surface area (Å²) in [6.45, 7) is 8.26. The Hall–Kier alpha value is -0.383. The molecule has 0 amide bonds. The second-order valence-corrected chi connectivity index (χ2v) is 5.84. The Bertz CT molecular complexity index is 230. The molecule has 0 aliphatic heterocycles. The van der Waals surface area contributed by atoms with Gasteiger partial charge in [0.25, 0.3) is 0 Å². The SMILES string of the molecule is CCO[Si](C#CCCCCOC)(OCC)OCC. The Morgan fingerprint density at radius 3 is 1.89 bits per heavy atom. The molecule has 0 aromatic heterocycles. The average molecular weight is 274 g/mol. The minimum atomic E-state index is -2.76. The first kappa shape index (κ1) is 17.6. The molecule has 0 aliphatic rings. The molecule has 0 unspecified atom stereocenters. The van der Waals surface area contributed by atoms with E-state index < -0.39 is 8.80 Å². The molecule has 0 saturated heterocycles. The van der Waals surface area contributed by atoms with Crippen molar-refractivity contribution in [3.63, 3.8) is 0 Å². The molecule has 18 heavy (non-hydrogen) atoms. The summed E-state index contributed by atoms with van der Waals surface area (Å²) in [5.74, 6) is 3.12. The van der Waals surface area contributed by atoms with Crippen molar-refractivity contribution in [3.8, 4) is 11.5 Å². The summed E-state index contributed by atoms with van der Waals surface area (Å²) < 4.78 is 21.9. The maximum atomic E-state index is 5.63. The molecule has 0 aromatic rings. The van der Waals surface area contributed by atoms with Crippen molar-refractivity contribution in [2.45, 2.75) is 40.0 Å². The number of hydrogen-bond acceptors (Lipinski definition) is 4. The largest absolute Gasteiger partial charge is 0.591 e. The molecule has 0 spiro atoms. The molecular weight excluding hydrogens is 248 g/mol. The number of ether oxygens (including phenoxy) is 1. The maximum Gasteiger partial charge on any atom is 0.591 e. The lowest BCUT2D eigenvalue weighted by atomic mass is 10.2. The molecule has 0 bridgehead atoms. The summed E-state index contributed by atoms with van der Waals surface area (Å²) in [5, 5.41) is 0. The Morgan fingerprint density at radius 2 is 1.44 bits per heavy atom. The molecular formula is C13H26O4Si. The quantitative estimate of drug-likeness (QED) is 0.348. The molecule has 0 N–H and O–H groups in total. The molecule has 0 aliphatic carbocycles. The highest BCUT2D eigenvalue weighted by Gasteiger charge is 2.39. The van der Waals surface area contributed by atoms with Crippen LogP contribution in [0.4, 0.5) is 0 Å². The highest BCUT2D eigenvalue weighted by atomic mass is 28.4. The van der Waals surface area contributed by atoms with Crippen molar-refractivity contribution in [2.75, 3.05) is 33.5 Å². The van der Waals surface area contributed by atoms with Gasteiger partial charge in [0.1, 0.15) is 0 Å². The van der Waals surface area contributed by atoms with Gasteiger partial charge in [0.2, 0.25) is 0 Å². The zero-order valence-corrected chi connectivity index (χ0v) is 13.1. The van der Waals surface area contributed by atoms with Crippen LogP contribution in [0.1, 0.15) is 40.0 Å². The fourth-order valence-corrected chi connectivity index (χ4v) is 3.38. The fraction of sp³-hybridized carbons (Fsp3) is 0.846. The third-order valence-electron chi connectivity index (χ3n) is 2.14. The van der Waals surface area contributed by atoms with Gasteiger partial charge >= 0.3 is 8.80 Å². The van der Waals surface area contributed by atoms with Crippen molar-refractivity contribution in [3.05, 3.63) is 0 Å². The Labute approximate surface area is 112 Å². The van der Waals surface area contributed by atoms with Crippen LogP contribution in [-0.2, 0) is 18.0 Å². The van der Waals surface area contributed by atoms with E-state index in [0.29, 0.717) is 19.8 Å². The summed E-state index contributed by atoms with van der Waals surface area (Å²) in [6.07, 6.45) is 2.87. The monoisotopic (exact) mass is 274 g/mol. The highest BCUT2D eigenvalue weighted by molar-refractivity contribution is 6.69. The number of rotatable bonds is 10. The number of unbranched alkanes of at least 4 members (excludes halogenated alkanes) is 2. The van der Waals surface area contributed by atoms with Crippen LogP contribution in [0.25, 0.3) is 0 Å². The molecule has 0 radical (unpaired) electrons. The van der Waals surface area contributed by atoms with Crippen LogP contribution in [0, 0.1) is 11.5 Å². The van der Waals surface area contributed by atoms with Gasteiger partial charge < -0.3 is 18.0 Å². The lowest BCUT2D eigenvalue weighted by molar-refractivity contribution is 0.0870. The fourth-order valence-electron chi connectivity index (χ4n) is 1.43. The normalized spacial score (nSPS) is 11.1. The van der Waals surface area contributed by atoms with Crippen molar-refractivity contribution in [2.24, 2.45) is 0 Å². The van der Waals surface area contributed by atoms with Gasteiger partial charge in [0.05, 0.1) is 0 Å². The Balaban J connectivity index is 4.31. The Morgan fingerprint density at radius 1 is 0.889 bits per heavy atom. The molecule has 4 nitrogen and oxygen atoms in total. The third kappa shape index (κ3) is 7.85. The topological polar surface area (TPSA) is 36.9 Å². The van der Waals surface area contributed by atoms with Crippen molar-refractivity contribution in [1.29, 1.82) is 0 Å². The smallest absolute Gasteiger partial charge is 0.385 e. The van der Waals surface area contributed by atoms with E-state index in [1.165, 1.54) is 0 Å². The van der Waals surface area contributed by atoms with Crippen LogP contribution in [0.2, 0.25) is 0 Å². The molecule has 5 heteroatoms. The zero-order chi connectivity index (χ0) is 13.7. The summed E-state index contributed by atoms with van der Waals surface area (Å²) in [7, 11) is -1.05. The average Bonchev–Trinajstić information content (AvgIpc) is 2.35.